The first-order chi connectivity index (χ1) is 12.6. The van der Waals surface area contributed by atoms with E-state index in [-0.39, 0.29) is 17.6 Å². The van der Waals surface area contributed by atoms with Gasteiger partial charge in [-0.1, -0.05) is 23.9 Å². The van der Waals surface area contributed by atoms with Crippen LogP contribution < -0.4 is 4.74 Å². The number of likely N-dealkylation sites (tertiary alicyclic amines) is 1. The summed E-state index contributed by atoms with van der Waals surface area (Å²) < 4.78 is 5.17. The Bertz CT molecular complexity index is 763. The van der Waals surface area contributed by atoms with Crippen molar-refractivity contribution in [3.8, 4) is 5.75 Å². The van der Waals surface area contributed by atoms with Gasteiger partial charge in [0.2, 0.25) is 5.91 Å². The van der Waals surface area contributed by atoms with E-state index in [1.54, 1.807) is 25.8 Å². The second-order valence-electron chi connectivity index (χ2n) is 6.45. The van der Waals surface area contributed by atoms with Crippen molar-refractivity contribution in [2.75, 3.05) is 20.2 Å². The van der Waals surface area contributed by atoms with Crippen molar-refractivity contribution in [1.29, 1.82) is 0 Å². The number of amides is 1. The van der Waals surface area contributed by atoms with Crippen molar-refractivity contribution in [3.63, 3.8) is 0 Å². The summed E-state index contributed by atoms with van der Waals surface area (Å²) in [6.45, 7) is 2.94. The van der Waals surface area contributed by atoms with Gasteiger partial charge in [0.05, 0.1) is 7.11 Å². The van der Waals surface area contributed by atoms with Gasteiger partial charge in [-0.05, 0) is 49.2 Å². The van der Waals surface area contributed by atoms with Crippen LogP contribution in [0.2, 0.25) is 0 Å². The first-order valence-electron chi connectivity index (χ1n) is 8.78. The van der Waals surface area contributed by atoms with Gasteiger partial charge in [0, 0.05) is 41.3 Å². The van der Waals surface area contributed by atoms with E-state index in [1.165, 1.54) is 0 Å². The summed E-state index contributed by atoms with van der Waals surface area (Å²) in [4.78, 5) is 28.1. The summed E-state index contributed by atoms with van der Waals surface area (Å²) in [6.07, 6.45) is 1.50. The number of methoxy groups -OCH3 is 1. The third-order valence-electron chi connectivity index (χ3n) is 4.75. The minimum Gasteiger partial charge on any atom is -0.497 e. The fraction of sp³-hybridized carbons (Fsp3) is 0.333. The molecule has 1 amide bonds. The van der Waals surface area contributed by atoms with Crippen molar-refractivity contribution in [2.24, 2.45) is 5.92 Å². The Morgan fingerprint density at radius 1 is 0.962 bits per heavy atom. The quantitative estimate of drug-likeness (QED) is 0.738. The zero-order chi connectivity index (χ0) is 18.5. The van der Waals surface area contributed by atoms with E-state index in [4.69, 9.17) is 4.74 Å². The number of carbonyl (C=O) groups excluding carboxylic acids is 2. The van der Waals surface area contributed by atoms with Gasteiger partial charge < -0.3 is 9.64 Å². The summed E-state index contributed by atoms with van der Waals surface area (Å²) in [7, 11) is 1.65. The topological polar surface area (TPSA) is 46.6 Å². The van der Waals surface area contributed by atoms with Gasteiger partial charge in [-0.3, -0.25) is 9.59 Å². The Morgan fingerprint density at radius 2 is 1.50 bits per heavy atom. The largest absolute Gasteiger partial charge is 0.497 e. The molecule has 0 saturated carbocycles. The molecular formula is C21H23NO3S. The lowest BCUT2D eigenvalue weighted by molar-refractivity contribution is -0.130. The predicted octanol–water partition coefficient (Wildman–Crippen LogP) is 4.29. The lowest BCUT2D eigenvalue weighted by atomic mass is 9.89. The number of nitrogens with zero attached hydrogens (tertiary/aromatic N) is 1. The molecule has 26 heavy (non-hydrogen) atoms. The maximum atomic E-state index is 12.7. The molecule has 4 nitrogen and oxygen atoms in total. The molecule has 0 aliphatic carbocycles. The summed E-state index contributed by atoms with van der Waals surface area (Å²) in [6, 6.07) is 15.7. The van der Waals surface area contributed by atoms with Crippen molar-refractivity contribution >= 4 is 23.5 Å². The zero-order valence-corrected chi connectivity index (χ0v) is 15.9. The average molecular weight is 369 g/mol. The molecule has 0 bridgehead atoms. The van der Waals surface area contributed by atoms with Crippen LogP contribution in [-0.2, 0) is 4.79 Å². The van der Waals surface area contributed by atoms with Gasteiger partial charge in [-0.25, -0.2) is 0 Å². The third-order valence-corrected chi connectivity index (χ3v) is 5.76. The second kappa shape index (κ2) is 8.41. The fourth-order valence-corrected chi connectivity index (χ4v) is 3.98. The highest BCUT2D eigenvalue weighted by Crippen LogP contribution is 2.30. The fourth-order valence-electron chi connectivity index (χ4n) is 3.16. The van der Waals surface area contributed by atoms with E-state index >= 15 is 0 Å². The average Bonchev–Trinajstić information content (AvgIpc) is 2.69. The molecule has 1 aliphatic heterocycles. The molecule has 2 aromatic rings. The van der Waals surface area contributed by atoms with E-state index in [0.29, 0.717) is 13.1 Å². The number of rotatable bonds is 5. The van der Waals surface area contributed by atoms with Crippen LogP contribution in [-0.4, -0.2) is 36.8 Å². The van der Waals surface area contributed by atoms with Gasteiger partial charge in [0.15, 0.2) is 5.78 Å². The van der Waals surface area contributed by atoms with Crippen molar-refractivity contribution in [3.05, 3.63) is 54.1 Å². The highest BCUT2D eigenvalue weighted by Gasteiger charge is 2.26. The monoisotopic (exact) mass is 369 g/mol. The molecular weight excluding hydrogens is 346 g/mol. The van der Waals surface area contributed by atoms with Crippen LogP contribution in [0.5, 0.6) is 5.75 Å². The molecule has 1 aliphatic rings. The Balaban J connectivity index is 1.60. The van der Waals surface area contributed by atoms with Crippen molar-refractivity contribution in [1.82, 2.24) is 4.90 Å². The smallest absolute Gasteiger partial charge is 0.219 e. The van der Waals surface area contributed by atoms with Gasteiger partial charge in [-0.2, -0.15) is 0 Å². The number of Topliss-reactive ketones (excluding diaryl/α,β-unsaturated/α-hetero) is 1. The Morgan fingerprint density at radius 3 is 2.00 bits per heavy atom. The van der Waals surface area contributed by atoms with Gasteiger partial charge in [-0.15, -0.1) is 0 Å². The van der Waals surface area contributed by atoms with Crippen LogP contribution in [0.1, 0.15) is 30.1 Å². The van der Waals surface area contributed by atoms with E-state index < -0.39 is 0 Å². The van der Waals surface area contributed by atoms with Gasteiger partial charge >= 0.3 is 0 Å². The van der Waals surface area contributed by atoms with E-state index in [0.717, 1.165) is 33.9 Å². The van der Waals surface area contributed by atoms with Crippen LogP contribution in [0.15, 0.2) is 58.3 Å². The Hall–Kier alpha value is -2.27. The molecule has 0 spiro atoms. The van der Waals surface area contributed by atoms with E-state index in [2.05, 4.69) is 0 Å². The highest BCUT2D eigenvalue weighted by molar-refractivity contribution is 7.99. The lowest BCUT2D eigenvalue weighted by Crippen LogP contribution is -2.39. The first kappa shape index (κ1) is 18.5. The van der Waals surface area contributed by atoms with Gasteiger partial charge in [0.25, 0.3) is 0 Å². The molecule has 0 atom stereocenters. The number of ketones is 1. The molecule has 5 heteroatoms. The molecule has 1 fully saturated rings. The standard InChI is InChI=1S/C21H23NO3S/c1-15(23)22-13-11-17(12-14-22)21(24)16-3-7-19(8-4-16)26-20-9-5-18(25-2)6-10-20/h3-10,17H,11-14H2,1-2H3. The minimum atomic E-state index is 0.0192. The molecule has 136 valence electrons. The highest BCUT2D eigenvalue weighted by atomic mass is 32.2. The summed E-state index contributed by atoms with van der Waals surface area (Å²) in [5.74, 6) is 1.14. The predicted molar refractivity (Wildman–Crippen MR) is 103 cm³/mol. The van der Waals surface area contributed by atoms with Crippen LogP contribution >= 0.6 is 11.8 Å². The number of benzene rings is 2. The maximum Gasteiger partial charge on any atom is 0.219 e. The molecule has 3 rings (SSSR count). The summed E-state index contributed by atoms with van der Waals surface area (Å²) in [5.41, 5.74) is 0.755. The van der Waals surface area contributed by atoms with Crippen LogP contribution in [0.4, 0.5) is 0 Å². The van der Waals surface area contributed by atoms with Gasteiger partial charge in [0.1, 0.15) is 5.75 Å². The molecule has 0 radical (unpaired) electrons. The molecule has 0 N–H and O–H groups in total. The Kier molecular flexibility index (Phi) is 5.99. The molecule has 0 aromatic heterocycles. The Labute approximate surface area is 158 Å². The molecule has 1 saturated heterocycles. The number of hydrogen-bond donors (Lipinski definition) is 0. The number of carbonyl (C=O) groups is 2. The van der Waals surface area contributed by atoms with E-state index in [1.807, 2.05) is 53.4 Å². The summed E-state index contributed by atoms with van der Waals surface area (Å²) in [5, 5.41) is 0. The zero-order valence-electron chi connectivity index (χ0n) is 15.1. The van der Waals surface area contributed by atoms with Crippen LogP contribution in [0, 0.1) is 5.92 Å². The number of ether oxygens (including phenoxy) is 1. The lowest BCUT2D eigenvalue weighted by Gasteiger charge is -2.30. The first-order valence-corrected chi connectivity index (χ1v) is 9.60. The number of hydrogen-bond acceptors (Lipinski definition) is 4. The maximum absolute atomic E-state index is 12.7. The summed E-state index contributed by atoms with van der Waals surface area (Å²) >= 11 is 1.66. The molecule has 2 aromatic carbocycles. The van der Waals surface area contributed by atoms with Crippen molar-refractivity contribution < 1.29 is 14.3 Å². The third kappa shape index (κ3) is 4.47. The van der Waals surface area contributed by atoms with Crippen LogP contribution in [0.3, 0.4) is 0 Å². The SMILES string of the molecule is COc1ccc(Sc2ccc(C(=O)C3CCN(C(C)=O)CC3)cc2)cc1. The second-order valence-corrected chi connectivity index (χ2v) is 7.59. The minimum absolute atomic E-state index is 0.0192. The van der Waals surface area contributed by atoms with Crippen molar-refractivity contribution in [2.45, 2.75) is 29.6 Å². The molecule has 0 unspecified atom stereocenters. The van der Waals surface area contributed by atoms with E-state index in [9.17, 15) is 9.59 Å². The van der Waals surface area contributed by atoms with Crippen LogP contribution in [0.25, 0.3) is 0 Å². The normalized spacial score (nSPS) is 14.9. The molecule has 1 heterocycles. The number of piperidine rings is 1.